The molecule has 0 radical (unpaired) electrons. The molecule has 0 aromatic heterocycles. The normalized spacial score (nSPS) is 30.8. The zero-order valence-corrected chi connectivity index (χ0v) is 21.6. The first-order chi connectivity index (χ1) is 15.4. The number of hydrogen-bond donors (Lipinski definition) is 0. The second kappa shape index (κ2) is 10.4. The number of halogens is 2. The van der Waals surface area contributed by atoms with E-state index < -0.39 is 0 Å². The third kappa shape index (κ3) is 4.56. The Hall–Kier alpha value is -1.21. The van der Waals surface area contributed by atoms with E-state index >= 15 is 0 Å². The first-order valence-corrected chi connectivity index (χ1v) is 13.7. The molecule has 0 N–H and O–H groups in total. The van der Waals surface area contributed by atoms with Crippen molar-refractivity contribution in [3.63, 3.8) is 0 Å². The van der Waals surface area contributed by atoms with Crippen molar-refractivity contribution in [2.24, 2.45) is 23.7 Å². The van der Waals surface area contributed by atoms with Crippen LogP contribution in [0.4, 0.5) is 5.69 Å². The minimum Gasteiger partial charge on any atom is -0.427 e. The van der Waals surface area contributed by atoms with Crippen molar-refractivity contribution in [3.8, 4) is 5.75 Å². The van der Waals surface area contributed by atoms with E-state index in [1.807, 2.05) is 0 Å². The van der Waals surface area contributed by atoms with E-state index in [2.05, 4.69) is 38.8 Å². The SMILES string of the molecule is CCCCCCCCCC(=O)Oc1ccc(N2C(=O)[C@@H]3[C@H]4C[C@H]([C@H](Br)[C@@H]4Br)[C@@H]3C2=O)cc1. The van der Waals surface area contributed by atoms with Gasteiger partial charge in [-0.1, -0.05) is 77.3 Å². The maximum Gasteiger partial charge on any atom is 0.311 e. The number of fused-ring (bicyclic) bond motifs is 5. The lowest BCUT2D eigenvalue weighted by molar-refractivity contribution is -0.134. The van der Waals surface area contributed by atoms with Gasteiger partial charge in [0.15, 0.2) is 0 Å². The van der Waals surface area contributed by atoms with Crippen molar-refractivity contribution >= 4 is 55.3 Å². The summed E-state index contributed by atoms with van der Waals surface area (Å²) in [5.41, 5.74) is 0.554. The Labute approximate surface area is 206 Å². The molecule has 1 aromatic rings. The van der Waals surface area contributed by atoms with E-state index in [4.69, 9.17) is 4.74 Å². The lowest BCUT2D eigenvalue weighted by Crippen LogP contribution is -2.37. The Balaban J connectivity index is 1.29. The van der Waals surface area contributed by atoms with E-state index in [0.717, 1.165) is 25.7 Å². The highest BCUT2D eigenvalue weighted by Gasteiger charge is 2.66. The van der Waals surface area contributed by atoms with Gasteiger partial charge >= 0.3 is 5.97 Å². The van der Waals surface area contributed by atoms with Gasteiger partial charge in [0, 0.05) is 16.1 Å². The highest BCUT2D eigenvalue weighted by Crippen LogP contribution is 2.60. The van der Waals surface area contributed by atoms with Crippen molar-refractivity contribution in [1.82, 2.24) is 0 Å². The summed E-state index contributed by atoms with van der Waals surface area (Å²) in [6.45, 7) is 2.20. The lowest BCUT2D eigenvalue weighted by Gasteiger charge is -2.28. The molecule has 6 atom stereocenters. The van der Waals surface area contributed by atoms with E-state index in [9.17, 15) is 14.4 Å². The number of unbranched alkanes of at least 4 members (excludes halogenated alkanes) is 6. The molecule has 0 unspecified atom stereocenters. The molecule has 1 heterocycles. The summed E-state index contributed by atoms with van der Waals surface area (Å²) in [4.78, 5) is 40.1. The second-order valence-corrected chi connectivity index (χ2v) is 11.5. The maximum absolute atomic E-state index is 13.1. The van der Waals surface area contributed by atoms with Gasteiger partial charge in [-0.3, -0.25) is 19.3 Å². The summed E-state index contributed by atoms with van der Waals surface area (Å²) in [5.74, 6) is -0.0553. The van der Waals surface area contributed by atoms with Crippen LogP contribution in [0.3, 0.4) is 0 Å². The van der Waals surface area contributed by atoms with E-state index in [1.54, 1.807) is 24.3 Å². The van der Waals surface area contributed by atoms with Crippen LogP contribution in [0.25, 0.3) is 0 Å². The summed E-state index contributed by atoms with van der Waals surface area (Å²) >= 11 is 7.42. The number of alkyl halides is 2. The van der Waals surface area contributed by atoms with Crippen LogP contribution in [-0.2, 0) is 14.4 Å². The Morgan fingerprint density at radius 1 is 0.906 bits per heavy atom. The van der Waals surface area contributed by atoms with Crippen LogP contribution >= 0.6 is 31.9 Å². The zero-order valence-electron chi connectivity index (χ0n) is 18.5. The monoisotopic (exact) mass is 567 g/mol. The van der Waals surface area contributed by atoms with Crippen molar-refractivity contribution < 1.29 is 19.1 Å². The van der Waals surface area contributed by atoms with Gasteiger partial charge in [-0.15, -0.1) is 0 Å². The fourth-order valence-corrected chi connectivity index (χ4v) is 7.55. The fraction of sp³-hybridized carbons (Fsp3) is 0.640. The quantitative estimate of drug-likeness (QED) is 0.114. The molecule has 32 heavy (non-hydrogen) atoms. The maximum atomic E-state index is 13.1. The van der Waals surface area contributed by atoms with Crippen LogP contribution in [0.2, 0.25) is 0 Å². The van der Waals surface area contributed by atoms with Gasteiger partial charge in [0.1, 0.15) is 5.75 Å². The Kier molecular flexibility index (Phi) is 7.76. The molecule has 3 fully saturated rings. The van der Waals surface area contributed by atoms with Crippen molar-refractivity contribution in [3.05, 3.63) is 24.3 Å². The van der Waals surface area contributed by atoms with Crippen LogP contribution in [0.5, 0.6) is 5.75 Å². The molecule has 2 saturated carbocycles. The van der Waals surface area contributed by atoms with Gasteiger partial charge in [-0.25, -0.2) is 0 Å². The molecule has 2 aliphatic carbocycles. The van der Waals surface area contributed by atoms with E-state index in [-0.39, 0.29) is 51.1 Å². The molecule has 2 amide bonds. The molecule has 1 aromatic carbocycles. The number of imide groups is 1. The van der Waals surface area contributed by atoms with Crippen LogP contribution in [-0.4, -0.2) is 27.4 Å². The summed E-state index contributed by atoms with van der Waals surface area (Å²) in [5, 5.41) is 0. The van der Waals surface area contributed by atoms with Crippen molar-refractivity contribution in [2.45, 2.75) is 74.4 Å². The second-order valence-electron chi connectivity index (χ2n) is 9.36. The van der Waals surface area contributed by atoms with Gasteiger partial charge < -0.3 is 4.74 Å². The lowest BCUT2D eigenvalue weighted by atomic mass is 9.81. The molecule has 7 heteroatoms. The molecule has 0 spiro atoms. The predicted octanol–water partition coefficient (Wildman–Crippen LogP) is 6.02. The summed E-state index contributed by atoms with van der Waals surface area (Å²) < 4.78 is 5.44. The average Bonchev–Trinajstić information content (AvgIpc) is 3.39. The van der Waals surface area contributed by atoms with Crippen molar-refractivity contribution in [1.29, 1.82) is 0 Å². The number of rotatable bonds is 10. The van der Waals surface area contributed by atoms with Crippen LogP contribution in [0.1, 0.15) is 64.7 Å². The molecule has 1 saturated heterocycles. The standard InChI is InChI=1S/C25H31Br2NO4/c1-2-3-4-5-6-7-8-9-19(29)32-16-12-10-15(11-13-16)28-24(30)20-17-14-18(21(20)25(28)31)23(27)22(17)26/h10-13,17-18,20-23H,2-9,14H2,1H3/t17-,18+,20-,21+,22-,23+. The minimum absolute atomic E-state index is 0.0972. The number of anilines is 1. The number of esters is 1. The highest BCUT2D eigenvalue weighted by molar-refractivity contribution is 9.12. The Morgan fingerprint density at radius 2 is 1.44 bits per heavy atom. The number of ether oxygens (including phenoxy) is 1. The van der Waals surface area contributed by atoms with Gasteiger partial charge in [0.25, 0.3) is 0 Å². The fourth-order valence-electron chi connectivity index (χ4n) is 5.68. The smallest absolute Gasteiger partial charge is 0.311 e. The zero-order chi connectivity index (χ0) is 22.8. The van der Waals surface area contributed by atoms with Gasteiger partial charge in [-0.05, 0) is 48.9 Å². The van der Waals surface area contributed by atoms with Gasteiger partial charge in [-0.2, -0.15) is 0 Å². The molecule has 3 aliphatic rings. The number of carbonyl (C=O) groups is 3. The topological polar surface area (TPSA) is 63.7 Å². The van der Waals surface area contributed by atoms with Gasteiger partial charge in [0.2, 0.25) is 11.8 Å². The average molecular weight is 569 g/mol. The van der Waals surface area contributed by atoms with Crippen molar-refractivity contribution in [2.75, 3.05) is 4.90 Å². The number of nitrogens with zero attached hydrogens (tertiary/aromatic N) is 1. The third-order valence-corrected chi connectivity index (χ3v) is 10.5. The van der Waals surface area contributed by atoms with Gasteiger partial charge in [0.05, 0.1) is 17.5 Å². The summed E-state index contributed by atoms with van der Waals surface area (Å²) in [6, 6.07) is 6.74. The Bertz CT molecular complexity index is 826. The number of hydrogen-bond acceptors (Lipinski definition) is 4. The van der Waals surface area contributed by atoms with Crippen LogP contribution < -0.4 is 9.64 Å². The highest BCUT2D eigenvalue weighted by atomic mass is 79.9. The first kappa shape index (κ1) is 23.9. The molecule has 174 valence electrons. The summed E-state index contributed by atoms with van der Waals surface area (Å²) in [7, 11) is 0. The summed E-state index contributed by atoms with van der Waals surface area (Å²) in [6.07, 6.45) is 9.40. The Morgan fingerprint density at radius 3 is 2.00 bits per heavy atom. The number of carbonyl (C=O) groups excluding carboxylic acids is 3. The predicted molar refractivity (Wildman–Crippen MR) is 131 cm³/mol. The molecular formula is C25H31Br2NO4. The van der Waals surface area contributed by atoms with E-state index in [0.29, 0.717) is 17.9 Å². The third-order valence-electron chi connectivity index (χ3n) is 7.30. The molecule has 4 rings (SSSR count). The minimum atomic E-state index is -0.238. The molecular weight excluding hydrogens is 538 g/mol. The van der Waals surface area contributed by atoms with E-state index in [1.165, 1.54) is 30.6 Å². The van der Waals surface area contributed by atoms with Crippen LogP contribution in [0, 0.1) is 23.7 Å². The number of benzene rings is 1. The van der Waals surface area contributed by atoms with Crippen LogP contribution in [0.15, 0.2) is 24.3 Å². The molecule has 5 nitrogen and oxygen atoms in total. The first-order valence-electron chi connectivity index (χ1n) is 11.9. The number of amides is 2. The molecule has 2 bridgehead atoms. The largest absolute Gasteiger partial charge is 0.427 e. The molecule has 1 aliphatic heterocycles.